The zero-order valence-corrected chi connectivity index (χ0v) is 22.3. The number of aliphatic imine (C=N–C) groups is 1. The van der Waals surface area contributed by atoms with Crippen molar-refractivity contribution in [1.29, 1.82) is 0 Å². The quantitative estimate of drug-likeness (QED) is 0.152. The predicted molar refractivity (Wildman–Crippen MR) is 139 cm³/mol. The Hall–Kier alpha value is -1.29. The van der Waals surface area contributed by atoms with E-state index in [0.29, 0.717) is 11.8 Å². The van der Waals surface area contributed by atoms with Gasteiger partial charge >= 0.3 is 0 Å². The molecule has 30 heavy (non-hydrogen) atoms. The number of aryl methyl sites for hydroxylation is 2. The van der Waals surface area contributed by atoms with Crippen LogP contribution in [0.1, 0.15) is 50.1 Å². The summed E-state index contributed by atoms with van der Waals surface area (Å²) < 4.78 is 2.26. The molecule has 0 aliphatic heterocycles. The molecular formula is C22H37IN6S. The third-order valence-corrected chi connectivity index (χ3v) is 5.47. The molecule has 168 valence electrons. The maximum Gasteiger partial charge on any atom is 0.190 e. The number of thioether (sulfide) groups is 1. The number of guanidine groups is 1. The molecule has 0 aliphatic carbocycles. The molecular weight excluding hydrogens is 507 g/mol. The summed E-state index contributed by atoms with van der Waals surface area (Å²) in [6.45, 7) is 11.5. The van der Waals surface area contributed by atoms with Gasteiger partial charge in [-0.3, -0.25) is 4.99 Å². The zero-order valence-electron chi connectivity index (χ0n) is 19.1. The molecule has 0 saturated heterocycles. The van der Waals surface area contributed by atoms with Gasteiger partial charge in [0.1, 0.15) is 5.82 Å². The molecule has 6 nitrogen and oxygen atoms in total. The number of aromatic nitrogens is 3. The highest BCUT2D eigenvalue weighted by Crippen LogP contribution is 2.17. The Morgan fingerprint density at radius 2 is 1.97 bits per heavy atom. The van der Waals surface area contributed by atoms with Crippen LogP contribution < -0.4 is 10.6 Å². The molecule has 0 bridgehead atoms. The highest BCUT2D eigenvalue weighted by molar-refractivity contribution is 14.0. The van der Waals surface area contributed by atoms with E-state index >= 15 is 0 Å². The summed E-state index contributed by atoms with van der Waals surface area (Å²) >= 11 is 1.66. The predicted octanol–water partition coefficient (Wildman–Crippen LogP) is 4.48. The SMILES string of the molecule is CN=C(NCCCc1nnc(SC)n1CC(C)C)NCC(C)c1cccc(C)c1.I. The van der Waals surface area contributed by atoms with E-state index in [1.54, 1.807) is 11.8 Å². The number of benzene rings is 1. The minimum Gasteiger partial charge on any atom is -0.356 e. The molecule has 1 unspecified atom stereocenters. The third kappa shape index (κ3) is 8.45. The molecule has 1 heterocycles. The molecule has 1 atom stereocenters. The fraction of sp³-hybridized carbons (Fsp3) is 0.591. The van der Waals surface area contributed by atoms with E-state index in [2.05, 4.69) is 88.6 Å². The van der Waals surface area contributed by atoms with Crippen LogP contribution in [0, 0.1) is 12.8 Å². The minimum atomic E-state index is 0. The van der Waals surface area contributed by atoms with Crippen molar-refractivity contribution in [3.63, 3.8) is 0 Å². The summed E-state index contributed by atoms with van der Waals surface area (Å²) in [5, 5.41) is 16.6. The average molecular weight is 545 g/mol. The van der Waals surface area contributed by atoms with Gasteiger partial charge in [-0.15, -0.1) is 34.2 Å². The Bertz CT molecular complexity index is 790. The molecule has 1 aromatic carbocycles. The van der Waals surface area contributed by atoms with Crippen LogP contribution in [0.3, 0.4) is 0 Å². The van der Waals surface area contributed by atoms with E-state index in [9.17, 15) is 0 Å². The van der Waals surface area contributed by atoms with Gasteiger partial charge in [-0.05, 0) is 37.0 Å². The first kappa shape index (κ1) is 26.7. The van der Waals surface area contributed by atoms with E-state index < -0.39 is 0 Å². The Morgan fingerprint density at radius 3 is 2.60 bits per heavy atom. The molecule has 0 saturated carbocycles. The van der Waals surface area contributed by atoms with Crippen molar-refractivity contribution in [2.75, 3.05) is 26.4 Å². The first-order valence-electron chi connectivity index (χ1n) is 10.4. The highest BCUT2D eigenvalue weighted by atomic mass is 127. The van der Waals surface area contributed by atoms with Crippen LogP contribution >= 0.6 is 35.7 Å². The van der Waals surface area contributed by atoms with Crippen LogP contribution in [-0.4, -0.2) is 47.1 Å². The maximum atomic E-state index is 4.40. The molecule has 1 aromatic heterocycles. The van der Waals surface area contributed by atoms with Gasteiger partial charge < -0.3 is 15.2 Å². The normalized spacial score (nSPS) is 12.6. The van der Waals surface area contributed by atoms with Gasteiger partial charge in [0.15, 0.2) is 11.1 Å². The van der Waals surface area contributed by atoms with Gasteiger partial charge in [0, 0.05) is 33.1 Å². The number of hydrogen-bond donors (Lipinski definition) is 2. The van der Waals surface area contributed by atoms with Crippen LogP contribution in [0.25, 0.3) is 0 Å². The molecule has 0 aliphatic rings. The fourth-order valence-corrected chi connectivity index (χ4v) is 3.74. The summed E-state index contributed by atoms with van der Waals surface area (Å²) in [6, 6.07) is 8.69. The number of nitrogens with one attached hydrogen (secondary N) is 2. The van der Waals surface area contributed by atoms with Gasteiger partial charge in [-0.1, -0.05) is 62.4 Å². The smallest absolute Gasteiger partial charge is 0.190 e. The summed E-state index contributed by atoms with van der Waals surface area (Å²) in [4.78, 5) is 4.35. The molecule has 2 aromatic rings. The van der Waals surface area contributed by atoms with Crippen molar-refractivity contribution >= 4 is 41.7 Å². The van der Waals surface area contributed by atoms with Crippen LogP contribution in [0.2, 0.25) is 0 Å². The van der Waals surface area contributed by atoms with Gasteiger partial charge in [0.25, 0.3) is 0 Å². The van der Waals surface area contributed by atoms with Crippen LogP contribution in [0.15, 0.2) is 34.4 Å². The summed E-state index contributed by atoms with van der Waals surface area (Å²) in [7, 11) is 1.82. The lowest BCUT2D eigenvalue weighted by Crippen LogP contribution is -2.39. The third-order valence-electron chi connectivity index (χ3n) is 4.80. The van der Waals surface area contributed by atoms with E-state index in [0.717, 1.165) is 49.4 Å². The summed E-state index contributed by atoms with van der Waals surface area (Å²) in [5.74, 6) is 2.92. The largest absolute Gasteiger partial charge is 0.356 e. The summed E-state index contributed by atoms with van der Waals surface area (Å²) in [6.07, 6.45) is 3.95. The van der Waals surface area contributed by atoms with E-state index in [4.69, 9.17) is 0 Å². The van der Waals surface area contributed by atoms with Crippen molar-refractivity contribution in [3.05, 3.63) is 41.2 Å². The Labute approximate surface area is 203 Å². The number of nitrogens with zero attached hydrogens (tertiary/aromatic N) is 4. The van der Waals surface area contributed by atoms with Crippen LogP contribution in [-0.2, 0) is 13.0 Å². The zero-order chi connectivity index (χ0) is 21.2. The van der Waals surface area contributed by atoms with Gasteiger partial charge in [0.2, 0.25) is 0 Å². The van der Waals surface area contributed by atoms with Gasteiger partial charge in [0.05, 0.1) is 0 Å². The summed E-state index contributed by atoms with van der Waals surface area (Å²) in [5.41, 5.74) is 2.65. The van der Waals surface area contributed by atoms with Crippen molar-refractivity contribution < 1.29 is 0 Å². The molecule has 8 heteroatoms. The molecule has 2 rings (SSSR count). The highest BCUT2D eigenvalue weighted by Gasteiger charge is 2.12. The lowest BCUT2D eigenvalue weighted by atomic mass is 9.99. The second kappa shape index (κ2) is 13.9. The van der Waals surface area contributed by atoms with Crippen LogP contribution in [0.5, 0.6) is 0 Å². The first-order chi connectivity index (χ1) is 13.9. The number of halogens is 1. The Balaban J connectivity index is 0.00000450. The molecule has 0 amide bonds. The molecule has 0 radical (unpaired) electrons. The molecule has 2 N–H and O–H groups in total. The van der Waals surface area contributed by atoms with Crippen molar-refractivity contribution in [3.8, 4) is 0 Å². The first-order valence-corrected chi connectivity index (χ1v) is 11.6. The lowest BCUT2D eigenvalue weighted by Gasteiger charge is -2.17. The molecule has 0 fully saturated rings. The van der Waals surface area contributed by atoms with E-state index in [1.165, 1.54) is 11.1 Å². The van der Waals surface area contributed by atoms with Gasteiger partial charge in [-0.25, -0.2) is 0 Å². The van der Waals surface area contributed by atoms with Crippen LogP contribution in [0.4, 0.5) is 0 Å². The van der Waals surface area contributed by atoms with Crippen molar-refractivity contribution in [2.45, 2.75) is 58.2 Å². The Morgan fingerprint density at radius 1 is 1.20 bits per heavy atom. The van der Waals surface area contributed by atoms with Crippen molar-refractivity contribution in [1.82, 2.24) is 25.4 Å². The Kier molecular flexibility index (Phi) is 12.4. The minimum absolute atomic E-state index is 0. The second-order valence-electron chi connectivity index (χ2n) is 7.91. The lowest BCUT2D eigenvalue weighted by molar-refractivity contribution is 0.477. The number of hydrogen-bond acceptors (Lipinski definition) is 4. The maximum absolute atomic E-state index is 4.40. The molecule has 0 spiro atoms. The number of rotatable bonds is 10. The van der Waals surface area contributed by atoms with Gasteiger partial charge in [-0.2, -0.15) is 0 Å². The standard InChI is InChI=1S/C22H36N6S.HI/c1-16(2)15-28-20(26-27-22(28)29-6)11-8-12-24-21(23-5)25-14-18(4)19-10-7-9-17(3)13-19;/h7,9-10,13,16,18H,8,11-12,14-15H2,1-6H3,(H2,23,24,25);1H. The van der Waals surface area contributed by atoms with E-state index in [1.807, 2.05) is 7.05 Å². The van der Waals surface area contributed by atoms with Crippen molar-refractivity contribution in [2.24, 2.45) is 10.9 Å². The fourth-order valence-electron chi connectivity index (χ4n) is 3.22. The topological polar surface area (TPSA) is 67.1 Å². The average Bonchev–Trinajstić information content (AvgIpc) is 3.08. The second-order valence-corrected chi connectivity index (χ2v) is 8.68. The monoisotopic (exact) mass is 544 g/mol. The van der Waals surface area contributed by atoms with E-state index in [-0.39, 0.29) is 24.0 Å².